The molecular formula is C16H16ClF3N4OS. The third-order valence-electron chi connectivity index (χ3n) is 4.01. The Kier molecular flexibility index (Phi) is 5.69. The molecule has 1 aliphatic rings. The fourth-order valence-corrected chi connectivity index (χ4v) is 3.66. The molecule has 0 atom stereocenters. The number of amides is 1. The summed E-state index contributed by atoms with van der Waals surface area (Å²) in [5, 5.41) is 5.01. The predicted molar refractivity (Wildman–Crippen MR) is 95.9 cm³/mol. The average Bonchev–Trinajstić information content (AvgIpc) is 3.11. The maximum atomic E-state index is 13.1. The largest absolute Gasteiger partial charge is 0.418 e. The van der Waals surface area contributed by atoms with Gasteiger partial charge in [0.2, 0.25) is 5.91 Å². The smallest absolute Gasteiger partial charge is 0.346 e. The summed E-state index contributed by atoms with van der Waals surface area (Å²) in [6, 6.07) is 3.42. The fourth-order valence-electron chi connectivity index (χ4n) is 2.74. The van der Waals surface area contributed by atoms with Gasteiger partial charge in [-0.05, 0) is 12.1 Å². The summed E-state index contributed by atoms with van der Waals surface area (Å²) < 4.78 is 39.3. The van der Waals surface area contributed by atoms with Crippen molar-refractivity contribution in [2.24, 2.45) is 0 Å². The van der Waals surface area contributed by atoms with E-state index in [0.29, 0.717) is 26.2 Å². The molecule has 1 saturated heterocycles. The summed E-state index contributed by atoms with van der Waals surface area (Å²) in [6.07, 6.45) is -2.85. The second-order valence-corrected chi connectivity index (χ2v) is 7.07. The van der Waals surface area contributed by atoms with E-state index in [4.69, 9.17) is 11.6 Å². The molecule has 26 heavy (non-hydrogen) atoms. The lowest BCUT2D eigenvalue weighted by Gasteiger charge is -2.34. The Hall–Kier alpha value is -1.84. The molecule has 3 rings (SSSR count). The Morgan fingerprint density at radius 1 is 1.27 bits per heavy atom. The van der Waals surface area contributed by atoms with Crippen molar-refractivity contribution in [1.29, 1.82) is 0 Å². The highest BCUT2D eigenvalue weighted by atomic mass is 35.5. The number of nitrogens with zero attached hydrogens (tertiary/aromatic N) is 3. The number of rotatable bonds is 4. The van der Waals surface area contributed by atoms with Crippen LogP contribution in [0, 0.1) is 0 Å². The van der Waals surface area contributed by atoms with Crippen LogP contribution in [0.5, 0.6) is 0 Å². The zero-order valence-electron chi connectivity index (χ0n) is 13.6. The Morgan fingerprint density at radius 2 is 2.00 bits per heavy atom. The number of para-hydroxylation sites is 1. The molecule has 10 heteroatoms. The molecule has 1 aromatic carbocycles. The van der Waals surface area contributed by atoms with E-state index >= 15 is 0 Å². The van der Waals surface area contributed by atoms with Gasteiger partial charge in [0.05, 0.1) is 22.8 Å². The number of hydrogen-bond donors (Lipinski definition) is 1. The van der Waals surface area contributed by atoms with Gasteiger partial charge in [-0.25, -0.2) is 4.98 Å². The first-order valence-electron chi connectivity index (χ1n) is 7.87. The van der Waals surface area contributed by atoms with Crippen LogP contribution >= 0.6 is 22.9 Å². The minimum atomic E-state index is -4.59. The van der Waals surface area contributed by atoms with Crippen LogP contribution in [0.3, 0.4) is 0 Å². The monoisotopic (exact) mass is 404 g/mol. The van der Waals surface area contributed by atoms with Gasteiger partial charge in [0.1, 0.15) is 0 Å². The Bertz CT molecular complexity index is 761. The minimum Gasteiger partial charge on any atom is -0.346 e. The lowest BCUT2D eigenvalue weighted by Crippen LogP contribution is -2.48. The first-order valence-corrected chi connectivity index (χ1v) is 9.12. The molecule has 0 aliphatic carbocycles. The van der Waals surface area contributed by atoms with Crippen LogP contribution in [-0.4, -0.2) is 48.5 Å². The third-order valence-corrected chi connectivity index (χ3v) is 5.16. The first-order chi connectivity index (χ1) is 12.3. The topological polar surface area (TPSA) is 48.5 Å². The Morgan fingerprint density at radius 3 is 2.62 bits per heavy atom. The van der Waals surface area contributed by atoms with E-state index in [1.54, 1.807) is 17.5 Å². The molecule has 0 bridgehead atoms. The summed E-state index contributed by atoms with van der Waals surface area (Å²) in [6.45, 7) is 2.68. The molecule has 140 valence electrons. The molecule has 1 fully saturated rings. The Labute approximate surface area is 157 Å². The second-order valence-electron chi connectivity index (χ2n) is 5.79. The fraction of sp³-hybridized carbons (Fsp3) is 0.375. The molecule has 5 nitrogen and oxygen atoms in total. The van der Waals surface area contributed by atoms with Gasteiger partial charge in [0.15, 0.2) is 5.13 Å². The number of aromatic nitrogens is 1. The predicted octanol–water partition coefficient (Wildman–Crippen LogP) is 3.58. The van der Waals surface area contributed by atoms with Gasteiger partial charge in [-0.2, -0.15) is 13.2 Å². The number of hydrogen-bond acceptors (Lipinski definition) is 5. The number of halogens is 4. The highest BCUT2D eigenvalue weighted by Gasteiger charge is 2.35. The number of alkyl halides is 3. The van der Waals surface area contributed by atoms with Crippen molar-refractivity contribution in [3.63, 3.8) is 0 Å². The average molecular weight is 405 g/mol. The van der Waals surface area contributed by atoms with E-state index in [1.807, 2.05) is 10.3 Å². The third kappa shape index (κ3) is 4.46. The van der Waals surface area contributed by atoms with Crippen molar-refractivity contribution in [3.05, 3.63) is 40.4 Å². The molecule has 0 unspecified atom stereocenters. The number of piperazine rings is 1. The van der Waals surface area contributed by atoms with E-state index in [1.165, 1.54) is 12.1 Å². The number of thiazole rings is 1. The van der Waals surface area contributed by atoms with Crippen molar-refractivity contribution in [1.82, 2.24) is 9.88 Å². The van der Waals surface area contributed by atoms with Gasteiger partial charge in [-0.1, -0.05) is 17.7 Å². The van der Waals surface area contributed by atoms with Gasteiger partial charge in [-0.15, -0.1) is 11.3 Å². The molecule has 2 aromatic rings. The van der Waals surface area contributed by atoms with Crippen LogP contribution < -0.4 is 10.2 Å². The zero-order chi connectivity index (χ0) is 18.7. The van der Waals surface area contributed by atoms with E-state index in [9.17, 15) is 18.0 Å². The maximum absolute atomic E-state index is 13.1. The molecular weight excluding hydrogens is 389 g/mol. The molecule has 1 amide bonds. The van der Waals surface area contributed by atoms with Crippen LogP contribution in [-0.2, 0) is 11.0 Å². The molecule has 2 heterocycles. The van der Waals surface area contributed by atoms with Crippen molar-refractivity contribution < 1.29 is 18.0 Å². The van der Waals surface area contributed by atoms with E-state index in [2.05, 4.69) is 15.2 Å². The molecule has 0 radical (unpaired) electrons. The SMILES string of the molecule is O=C(CN1CCN(c2nccs2)CC1)Nc1c(Cl)cccc1C(F)(F)F. The summed E-state index contributed by atoms with van der Waals surface area (Å²) in [5.74, 6) is -0.522. The van der Waals surface area contributed by atoms with Crippen LogP contribution in [0.1, 0.15) is 5.56 Å². The van der Waals surface area contributed by atoms with Crippen molar-refractivity contribution in [3.8, 4) is 0 Å². The molecule has 1 N–H and O–H groups in total. The number of anilines is 2. The van der Waals surface area contributed by atoms with Gasteiger partial charge in [0.25, 0.3) is 0 Å². The van der Waals surface area contributed by atoms with Crippen LogP contribution in [0.25, 0.3) is 0 Å². The number of nitrogens with one attached hydrogen (secondary N) is 1. The molecule has 0 spiro atoms. The number of carbonyl (C=O) groups is 1. The number of benzene rings is 1. The minimum absolute atomic E-state index is 0.00816. The quantitative estimate of drug-likeness (QED) is 0.846. The van der Waals surface area contributed by atoms with Crippen molar-refractivity contribution in [2.45, 2.75) is 6.18 Å². The molecule has 1 aliphatic heterocycles. The van der Waals surface area contributed by atoms with Crippen molar-refractivity contribution in [2.75, 3.05) is 42.9 Å². The van der Waals surface area contributed by atoms with Crippen LogP contribution in [0.15, 0.2) is 29.8 Å². The molecule has 1 aromatic heterocycles. The van der Waals surface area contributed by atoms with Crippen LogP contribution in [0.2, 0.25) is 5.02 Å². The second kappa shape index (κ2) is 7.81. The maximum Gasteiger partial charge on any atom is 0.418 e. The van der Waals surface area contributed by atoms with Crippen LogP contribution in [0.4, 0.5) is 24.0 Å². The number of carbonyl (C=O) groups excluding carboxylic acids is 1. The zero-order valence-corrected chi connectivity index (χ0v) is 15.2. The van der Waals surface area contributed by atoms with E-state index < -0.39 is 23.3 Å². The van der Waals surface area contributed by atoms with Gasteiger partial charge < -0.3 is 10.2 Å². The summed E-state index contributed by atoms with van der Waals surface area (Å²) in [4.78, 5) is 20.5. The van der Waals surface area contributed by atoms with E-state index in [0.717, 1.165) is 11.2 Å². The summed E-state index contributed by atoms with van der Waals surface area (Å²) in [5.41, 5.74) is -1.35. The lowest BCUT2D eigenvalue weighted by atomic mass is 10.1. The standard InChI is InChI=1S/C16H16ClF3N4OS/c17-12-3-1-2-11(16(18,19)20)14(12)22-13(25)10-23-5-7-24(8-6-23)15-21-4-9-26-15/h1-4,9H,5-8,10H2,(H,22,25). The van der Waals surface area contributed by atoms with Gasteiger partial charge in [-0.3, -0.25) is 9.69 Å². The van der Waals surface area contributed by atoms with E-state index in [-0.39, 0.29) is 11.6 Å². The first kappa shape index (κ1) is 18.9. The highest BCUT2D eigenvalue weighted by Crippen LogP contribution is 2.38. The van der Waals surface area contributed by atoms with Gasteiger partial charge >= 0.3 is 6.18 Å². The molecule has 0 saturated carbocycles. The lowest BCUT2D eigenvalue weighted by molar-refractivity contribution is -0.137. The van der Waals surface area contributed by atoms with Crippen molar-refractivity contribution >= 4 is 39.7 Å². The summed E-state index contributed by atoms with van der Waals surface area (Å²) in [7, 11) is 0. The highest BCUT2D eigenvalue weighted by molar-refractivity contribution is 7.13. The summed E-state index contributed by atoms with van der Waals surface area (Å²) >= 11 is 7.41. The normalized spacial score (nSPS) is 15.9. The van der Waals surface area contributed by atoms with Gasteiger partial charge in [0, 0.05) is 37.8 Å². The Balaban J connectivity index is 1.59.